The number of sulfonamides is 2. The number of carboxylic acid groups (broad SMARTS) is 1. The Kier molecular flexibility index (Phi) is 24.1. The molecule has 0 aromatic carbocycles. The Hall–Kier alpha value is -6.15. The number of likely N-dealkylation sites (tertiary alicyclic amines) is 2. The van der Waals surface area contributed by atoms with Crippen LogP contribution in [-0.4, -0.2) is 176 Å². The van der Waals surface area contributed by atoms with Crippen LogP contribution in [0, 0.1) is 34.5 Å². The van der Waals surface area contributed by atoms with Gasteiger partial charge in [0.25, 0.3) is 11.8 Å². The quantitative estimate of drug-likeness (QED) is 0.0683. The molecule has 0 spiro atoms. The average molecular weight is 1420 g/mol. The third kappa shape index (κ3) is 18.7. The van der Waals surface area contributed by atoms with Crippen molar-refractivity contribution in [3.8, 4) is 11.5 Å². The Balaban J connectivity index is 0.000000268. The molecule has 488 valence electrons. The Bertz CT molecular complexity index is 3200. The summed E-state index contributed by atoms with van der Waals surface area (Å²) in [6.07, 6.45) is 8.04. The fourth-order valence-electron chi connectivity index (χ4n) is 9.98. The summed E-state index contributed by atoms with van der Waals surface area (Å²) >= 11 is 6.57. The number of amides is 7. The molecule has 2 aliphatic heterocycles. The Morgan fingerprint density at radius 1 is 0.705 bits per heavy atom. The fourth-order valence-corrected chi connectivity index (χ4v) is 13.4. The molecule has 8 rings (SSSR count). The first-order valence-electron chi connectivity index (χ1n) is 28.0. The molecular weight excluding hydrogens is 1340 g/mol. The van der Waals surface area contributed by atoms with E-state index in [0.717, 1.165) is 0 Å². The third-order valence-electron chi connectivity index (χ3n) is 15.6. The minimum absolute atomic E-state index is 0. The van der Waals surface area contributed by atoms with E-state index in [1.165, 1.54) is 30.1 Å². The number of halogens is 3. The molecular formula is C56H79Br2ClN10O17S2. The van der Waals surface area contributed by atoms with Gasteiger partial charge in [0.05, 0.1) is 37.9 Å². The van der Waals surface area contributed by atoms with Crippen molar-refractivity contribution in [1.82, 2.24) is 45.2 Å². The Morgan fingerprint density at radius 3 is 1.47 bits per heavy atom. The number of nitrogens with two attached hydrogens (primary N) is 1. The van der Waals surface area contributed by atoms with Crippen LogP contribution in [0.4, 0.5) is 9.59 Å². The van der Waals surface area contributed by atoms with Gasteiger partial charge in [-0.15, -0.1) is 25.6 Å². The number of hydrogen-bond donors (Lipinski definition) is 7. The van der Waals surface area contributed by atoms with Crippen LogP contribution in [0.3, 0.4) is 0 Å². The van der Waals surface area contributed by atoms with Gasteiger partial charge in [-0.05, 0) is 106 Å². The van der Waals surface area contributed by atoms with E-state index in [0.29, 0.717) is 52.8 Å². The zero-order valence-corrected chi connectivity index (χ0v) is 55.7. The second kappa shape index (κ2) is 29.2. The van der Waals surface area contributed by atoms with E-state index in [-0.39, 0.29) is 75.7 Å². The molecule has 6 aliphatic rings. The van der Waals surface area contributed by atoms with Gasteiger partial charge in [-0.3, -0.25) is 33.4 Å². The fraction of sp³-hybridized carbons (Fsp3) is 0.607. The van der Waals surface area contributed by atoms with Gasteiger partial charge in [0.15, 0.2) is 0 Å². The molecule has 4 saturated carbocycles. The van der Waals surface area contributed by atoms with Crippen molar-refractivity contribution >= 4 is 112 Å². The van der Waals surface area contributed by atoms with Crippen molar-refractivity contribution in [2.45, 2.75) is 139 Å². The van der Waals surface area contributed by atoms with E-state index in [2.05, 4.69) is 80.4 Å². The number of nitrogens with one attached hydrogen (secondary N) is 5. The molecule has 8 N–H and O–H groups in total. The number of alkyl carbamates (subject to hydrolysis) is 2. The summed E-state index contributed by atoms with van der Waals surface area (Å²) in [6.45, 7) is 18.8. The molecule has 4 aliphatic carbocycles. The van der Waals surface area contributed by atoms with Crippen LogP contribution in [-0.2, 0) is 58.3 Å². The van der Waals surface area contributed by atoms with Gasteiger partial charge in [0, 0.05) is 61.3 Å². The van der Waals surface area contributed by atoms with Crippen molar-refractivity contribution in [2.24, 2.45) is 40.2 Å². The van der Waals surface area contributed by atoms with Crippen molar-refractivity contribution in [3.63, 3.8) is 0 Å². The molecule has 10 atom stereocenters. The van der Waals surface area contributed by atoms with Crippen LogP contribution in [0.15, 0.2) is 71.2 Å². The second-order valence-corrected chi connectivity index (χ2v) is 30.2. The van der Waals surface area contributed by atoms with Gasteiger partial charge in [-0.2, -0.15) is 0 Å². The first-order valence-corrected chi connectivity index (χ1v) is 32.7. The second-order valence-electron chi connectivity index (χ2n) is 24.6. The van der Waals surface area contributed by atoms with Crippen LogP contribution in [0.1, 0.15) is 92.9 Å². The first-order chi connectivity index (χ1) is 40.5. The molecule has 2 unspecified atom stereocenters. The summed E-state index contributed by atoms with van der Waals surface area (Å²) in [5.74, 6) is -3.95. The SMILES string of the molecule is C=CC1C[C@]1(N)C(=O)NS(=O)(=O)C1CC1.C=CC1C[C@]1(NC(=O)[C@@H]1C[C@@H](COc2ccnc(Br)c2)CN1C(=O)[C@@H](NC(=O)OC)C(C)(C)C)C(=O)NS(=O)(=O)C1CC1.COC(=O)N[C@H](C(=O)N1C[C@H](COc2ccnc(Br)c2)C[C@H]1C(=O)O)C(C)(C)C.Cl. The van der Waals surface area contributed by atoms with E-state index in [1.54, 1.807) is 84.3 Å². The van der Waals surface area contributed by atoms with Gasteiger partial charge in [-0.1, -0.05) is 53.7 Å². The highest BCUT2D eigenvalue weighted by molar-refractivity contribution is 9.10. The molecule has 2 aromatic heterocycles. The lowest BCUT2D eigenvalue weighted by Gasteiger charge is -2.35. The van der Waals surface area contributed by atoms with Crippen LogP contribution >= 0.6 is 44.3 Å². The summed E-state index contributed by atoms with van der Waals surface area (Å²) in [5.41, 5.74) is 1.80. The number of aromatic nitrogens is 2. The van der Waals surface area contributed by atoms with Crippen molar-refractivity contribution in [2.75, 3.05) is 40.5 Å². The molecule has 88 heavy (non-hydrogen) atoms. The summed E-state index contributed by atoms with van der Waals surface area (Å²) in [4.78, 5) is 112. The minimum Gasteiger partial charge on any atom is -0.493 e. The third-order valence-corrected chi connectivity index (χ3v) is 20.1. The number of methoxy groups -OCH3 is 2. The summed E-state index contributed by atoms with van der Waals surface area (Å²) in [7, 11) is -4.93. The number of ether oxygens (including phenoxy) is 4. The molecule has 0 bridgehead atoms. The molecule has 2 saturated heterocycles. The number of aliphatic carboxylic acids is 1. The number of carbonyl (C=O) groups is 8. The smallest absolute Gasteiger partial charge is 0.407 e. The number of carboxylic acids is 1. The topological polar surface area (TPSA) is 380 Å². The minimum atomic E-state index is -3.85. The monoisotopic (exact) mass is 1420 g/mol. The lowest BCUT2D eigenvalue weighted by molar-refractivity contribution is -0.150. The highest BCUT2D eigenvalue weighted by Crippen LogP contribution is 2.46. The molecule has 4 heterocycles. The highest BCUT2D eigenvalue weighted by atomic mass is 79.9. The lowest BCUT2D eigenvalue weighted by atomic mass is 9.85. The molecule has 0 radical (unpaired) electrons. The van der Waals surface area contributed by atoms with Gasteiger partial charge < -0.3 is 55.5 Å². The number of rotatable bonds is 21. The maximum atomic E-state index is 14.0. The zero-order valence-electron chi connectivity index (χ0n) is 50.1. The zero-order chi connectivity index (χ0) is 64.8. The molecule has 27 nitrogen and oxygen atoms in total. The van der Waals surface area contributed by atoms with E-state index < -0.39 is 130 Å². The summed E-state index contributed by atoms with van der Waals surface area (Å²) in [6, 6.07) is 2.83. The molecule has 6 fully saturated rings. The van der Waals surface area contributed by atoms with Gasteiger partial charge in [0.1, 0.15) is 56.0 Å². The van der Waals surface area contributed by atoms with Crippen molar-refractivity contribution < 1.29 is 79.2 Å². The van der Waals surface area contributed by atoms with Crippen molar-refractivity contribution in [1.29, 1.82) is 0 Å². The number of nitrogens with zero attached hydrogens (tertiary/aromatic N) is 4. The predicted octanol–water partition coefficient (Wildman–Crippen LogP) is 4.10. The van der Waals surface area contributed by atoms with Gasteiger partial charge >= 0.3 is 18.2 Å². The van der Waals surface area contributed by atoms with E-state index in [9.17, 15) is 60.3 Å². The number of carbonyl (C=O) groups excluding carboxylic acids is 7. The lowest BCUT2D eigenvalue weighted by Crippen LogP contribution is -2.60. The Morgan fingerprint density at radius 2 is 1.11 bits per heavy atom. The predicted molar refractivity (Wildman–Crippen MR) is 329 cm³/mol. The highest BCUT2D eigenvalue weighted by Gasteiger charge is 2.62. The number of hydrogen-bond acceptors (Lipinski definition) is 19. The average Bonchev–Trinajstić information content (AvgIpc) is 1.77. The van der Waals surface area contributed by atoms with Crippen LogP contribution in [0.25, 0.3) is 0 Å². The maximum Gasteiger partial charge on any atom is 0.407 e. The van der Waals surface area contributed by atoms with Crippen LogP contribution in [0.2, 0.25) is 0 Å². The molecule has 2 aromatic rings. The van der Waals surface area contributed by atoms with E-state index in [1.807, 2.05) is 4.72 Å². The van der Waals surface area contributed by atoms with Gasteiger partial charge in [-0.25, -0.2) is 41.2 Å². The van der Waals surface area contributed by atoms with Crippen molar-refractivity contribution in [3.05, 3.63) is 71.2 Å². The number of pyridine rings is 2. The maximum absolute atomic E-state index is 14.0. The standard InChI is InChI=1S/C28H38BrN5O8S.C19H26BrN3O6.C9H14N2O3S.ClH/c1-6-17-13-28(17,25(37)33-43(39,40)19-7-8-19)32-23(35)20-11-16(15-42-18-9-10-30-21(29)12-18)14-34(20)24(36)22(27(2,3)4)31-26(38)41-5;1-19(2,3)15(22-18(27)28-4)16(24)23-9-11(7-13(23)17(25)26)10-29-12-5-6-21-14(20)8-12;1-2-6-5-9(6,10)8(12)11-15(13,14)7-3-4-7;/h6,9-10,12,16-17,19-20,22H,1,7-8,11,13-15H2,2-5H3,(H,31,38)(H,32,35)(H,33,37);5-6,8,11,13,15H,7,9-10H2,1-4H3,(H,22,27)(H,25,26);2,6-7H,1,3-5,10H2,(H,11,12);1H/t16-,17?,20+,22-,28-;11-,13+,15-;6?,9-;/m111./s1. The van der Waals surface area contributed by atoms with Gasteiger partial charge in [0.2, 0.25) is 37.8 Å². The normalized spacial score (nSPS) is 25.1. The molecule has 32 heteroatoms. The van der Waals surface area contributed by atoms with Crippen LogP contribution in [0.5, 0.6) is 11.5 Å². The van der Waals surface area contributed by atoms with E-state index in [4.69, 9.17) is 19.9 Å². The van der Waals surface area contributed by atoms with E-state index >= 15 is 0 Å². The largest absolute Gasteiger partial charge is 0.493 e. The Labute approximate surface area is 535 Å². The van der Waals surface area contributed by atoms with Crippen LogP contribution < -0.4 is 40.6 Å². The molecule has 7 amide bonds. The first kappa shape index (κ1) is 72.6. The summed E-state index contributed by atoms with van der Waals surface area (Å²) in [5, 5.41) is 16.5. The summed E-state index contributed by atoms with van der Waals surface area (Å²) < 4.78 is 74.3.